The normalized spacial score (nSPS) is 15.6. The van der Waals surface area contributed by atoms with E-state index in [-0.39, 0.29) is 12.0 Å². The first-order valence-electron chi connectivity index (χ1n) is 9.86. The van der Waals surface area contributed by atoms with Crippen molar-refractivity contribution in [1.82, 2.24) is 24.5 Å². The molecule has 0 spiro atoms. The molecule has 1 aromatic carbocycles. The number of nitrogen functional groups attached to an aromatic ring is 1. The molecule has 29 heavy (non-hydrogen) atoms. The molecular weight excluding hydrogens is 368 g/mol. The molecule has 0 radical (unpaired) electrons. The van der Waals surface area contributed by atoms with Crippen molar-refractivity contribution in [3.63, 3.8) is 0 Å². The van der Waals surface area contributed by atoms with Crippen LogP contribution in [-0.2, 0) is 4.74 Å². The summed E-state index contributed by atoms with van der Waals surface area (Å²) < 4.78 is 7.10. The lowest BCUT2D eigenvalue weighted by Gasteiger charge is -2.34. The molecule has 1 fully saturated rings. The van der Waals surface area contributed by atoms with Crippen molar-refractivity contribution >= 4 is 17.7 Å². The second-order valence-electron chi connectivity index (χ2n) is 8.34. The number of carbonyl (C=O) groups is 1. The number of hydrogen-bond acceptors (Lipinski definition) is 6. The van der Waals surface area contributed by atoms with Gasteiger partial charge in [0, 0.05) is 24.2 Å². The molecule has 152 valence electrons. The zero-order chi connectivity index (χ0) is 20.6. The third-order valence-electron chi connectivity index (χ3n) is 5.09. The van der Waals surface area contributed by atoms with Gasteiger partial charge in [0.25, 0.3) is 0 Å². The molecule has 1 amide bonds. The monoisotopic (exact) mass is 394 g/mol. The van der Waals surface area contributed by atoms with Crippen LogP contribution in [0.3, 0.4) is 0 Å². The van der Waals surface area contributed by atoms with Crippen molar-refractivity contribution in [1.29, 1.82) is 0 Å². The number of piperidine rings is 1. The lowest BCUT2D eigenvalue weighted by atomic mass is 9.87. The van der Waals surface area contributed by atoms with Crippen LogP contribution in [0.5, 0.6) is 0 Å². The van der Waals surface area contributed by atoms with E-state index in [2.05, 4.69) is 15.1 Å². The number of fused-ring (bicyclic) bond motifs is 1. The smallest absolute Gasteiger partial charge is 0.410 e. The number of ether oxygens (including phenoxy) is 1. The largest absolute Gasteiger partial charge is 0.444 e. The van der Waals surface area contributed by atoms with Crippen LogP contribution in [0.25, 0.3) is 16.9 Å². The highest BCUT2D eigenvalue weighted by Gasteiger charge is 2.31. The highest BCUT2D eigenvalue weighted by atomic mass is 16.6. The van der Waals surface area contributed by atoms with Gasteiger partial charge < -0.3 is 15.4 Å². The van der Waals surface area contributed by atoms with Gasteiger partial charge in [-0.15, -0.1) is 0 Å². The second kappa shape index (κ2) is 7.35. The minimum Gasteiger partial charge on any atom is -0.444 e. The molecule has 8 nitrogen and oxygen atoms in total. The standard InChI is InChI=1S/C21H26N6O2/c1-21(2,3)29-20(28)26-11-9-14(10-12-26)16-17(15-7-5-4-6-8-15)25-19(22)27-18(16)23-13-24-27/h4-8,13-14H,9-12H2,1-3H3,(H2,22,25). The first kappa shape index (κ1) is 19.2. The van der Waals surface area contributed by atoms with Crippen molar-refractivity contribution in [2.45, 2.75) is 45.1 Å². The summed E-state index contributed by atoms with van der Waals surface area (Å²) in [7, 11) is 0. The first-order valence-corrected chi connectivity index (χ1v) is 9.86. The Bertz CT molecular complexity index is 1020. The van der Waals surface area contributed by atoms with Crippen molar-refractivity contribution in [2.24, 2.45) is 0 Å². The number of likely N-dealkylation sites (tertiary alicyclic amines) is 1. The van der Waals surface area contributed by atoms with Gasteiger partial charge in [-0.05, 0) is 39.5 Å². The maximum Gasteiger partial charge on any atom is 0.410 e. The number of hydrogen-bond donors (Lipinski definition) is 1. The minimum absolute atomic E-state index is 0.198. The fourth-order valence-corrected chi connectivity index (χ4v) is 3.79. The molecule has 4 rings (SSSR count). The highest BCUT2D eigenvalue weighted by molar-refractivity contribution is 5.73. The highest BCUT2D eigenvalue weighted by Crippen LogP contribution is 2.37. The molecule has 0 aliphatic carbocycles. The quantitative estimate of drug-likeness (QED) is 0.714. The molecular formula is C21H26N6O2. The number of rotatable bonds is 2. The average Bonchev–Trinajstić information content (AvgIpc) is 3.18. The van der Waals surface area contributed by atoms with Gasteiger partial charge in [0.2, 0.25) is 5.95 Å². The van der Waals surface area contributed by atoms with E-state index in [1.807, 2.05) is 51.1 Å². The van der Waals surface area contributed by atoms with Gasteiger partial charge in [0.15, 0.2) is 5.65 Å². The van der Waals surface area contributed by atoms with E-state index in [1.54, 1.807) is 9.42 Å². The van der Waals surface area contributed by atoms with Crippen LogP contribution in [0.1, 0.15) is 45.1 Å². The van der Waals surface area contributed by atoms with Gasteiger partial charge in [0.05, 0.1) is 5.69 Å². The Balaban J connectivity index is 1.66. The third-order valence-corrected chi connectivity index (χ3v) is 5.09. The number of nitrogens with two attached hydrogens (primary N) is 1. The second-order valence-corrected chi connectivity index (χ2v) is 8.34. The fourth-order valence-electron chi connectivity index (χ4n) is 3.79. The number of aromatic nitrogens is 4. The van der Waals surface area contributed by atoms with Gasteiger partial charge in [0.1, 0.15) is 11.9 Å². The summed E-state index contributed by atoms with van der Waals surface area (Å²) in [6.45, 7) is 6.89. The number of benzene rings is 1. The van der Waals surface area contributed by atoms with E-state index in [9.17, 15) is 4.79 Å². The van der Waals surface area contributed by atoms with Crippen LogP contribution < -0.4 is 5.73 Å². The average molecular weight is 394 g/mol. The number of carbonyl (C=O) groups excluding carboxylic acids is 1. The van der Waals surface area contributed by atoms with Crippen LogP contribution in [-0.4, -0.2) is 49.3 Å². The summed E-state index contributed by atoms with van der Waals surface area (Å²) in [6, 6.07) is 9.98. The molecule has 0 saturated carbocycles. The van der Waals surface area contributed by atoms with Gasteiger partial charge >= 0.3 is 6.09 Å². The summed E-state index contributed by atoms with van der Waals surface area (Å²) in [5.41, 5.74) is 9.23. The van der Waals surface area contributed by atoms with Crippen LogP contribution in [0.4, 0.5) is 10.7 Å². The molecule has 3 heterocycles. The Morgan fingerprint density at radius 3 is 2.52 bits per heavy atom. The Morgan fingerprint density at radius 1 is 1.17 bits per heavy atom. The summed E-state index contributed by atoms with van der Waals surface area (Å²) >= 11 is 0. The number of anilines is 1. The molecule has 0 atom stereocenters. The Morgan fingerprint density at radius 2 is 1.86 bits per heavy atom. The topological polar surface area (TPSA) is 98.6 Å². The number of nitrogens with zero attached hydrogens (tertiary/aromatic N) is 5. The van der Waals surface area contributed by atoms with Crippen molar-refractivity contribution in [3.8, 4) is 11.3 Å². The molecule has 0 bridgehead atoms. The predicted octanol–water partition coefficient (Wildman–Crippen LogP) is 3.49. The lowest BCUT2D eigenvalue weighted by Crippen LogP contribution is -2.41. The summed E-state index contributed by atoms with van der Waals surface area (Å²) in [5, 5.41) is 4.23. The maximum atomic E-state index is 12.4. The summed E-state index contributed by atoms with van der Waals surface area (Å²) in [5.74, 6) is 0.509. The summed E-state index contributed by atoms with van der Waals surface area (Å²) in [6.07, 6.45) is 2.84. The zero-order valence-electron chi connectivity index (χ0n) is 17.0. The van der Waals surface area contributed by atoms with E-state index in [1.165, 1.54) is 6.33 Å². The fraction of sp³-hybridized carbons (Fsp3) is 0.429. The lowest BCUT2D eigenvalue weighted by molar-refractivity contribution is 0.0205. The van der Waals surface area contributed by atoms with Crippen LogP contribution >= 0.6 is 0 Å². The van der Waals surface area contributed by atoms with Crippen molar-refractivity contribution in [2.75, 3.05) is 18.8 Å². The van der Waals surface area contributed by atoms with E-state index in [0.717, 1.165) is 35.3 Å². The van der Waals surface area contributed by atoms with Gasteiger partial charge in [-0.3, -0.25) is 0 Å². The first-order chi connectivity index (χ1) is 13.8. The van der Waals surface area contributed by atoms with Crippen LogP contribution in [0, 0.1) is 0 Å². The molecule has 0 unspecified atom stereocenters. The Hall–Kier alpha value is -3.16. The minimum atomic E-state index is -0.497. The zero-order valence-corrected chi connectivity index (χ0v) is 17.0. The molecule has 2 N–H and O–H groups in total. The van der Waals surface area contributed by atoms with Gasteiger partial charge in [-0.2, -0.15) is 9.61 Å². The van der Waals surface area contributed by atoms with Gasteiger partial charge in [-0.1, -0.05) is 30.3 Å². The number of amides is 1. The van der Waals surface area contributed by atoms with E-state index in [0.29, 0.717) is 19.0 Å². The molecule has 8 heteroatoms. The molecule has 2 aromatic heterocycles. The van der Waals surface area contributed by atoms with Crippen molar-refractivity contribution < 1.29 is 9.53 Å². The summed E-state index contributed by atoms with van der Waals surface area (Å²) in [4.78, 5) is 23.3. The van der Waals surface area contributed by atoms with E-state index in [4.69, 9.17) is 10.5 Å². The molecule has 1 aliphatic heterocycles. The third kappa shape index (κ3) is 3.87. The SMILES string of the molecule is CC(C)(C)OC(=O)N1CCC(c2c(-c3ccccc3)nc(N)n3ncnc23)CC1. The van der Waals surface area contributed by atoms with Gasteiger partial charge in [-0.25, -0.2) is 14.8 Å². The maximum absolute atomic E-state index is 12.4. The van der Waals surface area contributed by atoms with Crippen LogP contribution in [0.15, 0.2) is 36.7 Å². The molecule has 3 aromatic rings. The van der Waals surface area contributed by atoms with Crippen LogP contribution in [0.2, 0.25) is 0 Å². The van der Waals surface area contributed by atoms with E-state index < -0.39 is 5.60 Å². The molecule has 1 aliphatic rings. The van der Waals surface area contributed by atoms with Crippen molar-refractivity contribution in [3.05, 3.63) is 42.2 Å². The Kier molecular flexibility index (Phi) is 4.86. The van der Waals surface area contributed by atoms with E-state index >= 15 is 0 Å². The Labute approximate surface area is 169 Å². The molecule has 1 saturated heterocycles. The predicted molar refractivity (Wildman–Crippen MR) is 110 cm³/mol.